The van der Waals surface area contributed by atoms with Crippen LogP contribution in [0.15, 0.2) is 47.4 Å². The molecule has 7 heteroatoms. The summed E-state index contributed by atoms with van der Waals surface area (Å²) in [7, 11) is -3.82. The maximum atomic E-state index is 13.7. The van der Waals surface area contributed by atoms with E-state index in [1.165, 1.54) is 30.3 Å². The molecule has 0 spiro atoms. The number of benzene rings is 2. The Bertz CT molecular complexity index is 765. The smallest absolute Gasteiger partial charge is 0.241 e. The van der Waals surface area contributed by atoms with Crippen molar-refractivity contribution in [2.45, 2.75) is 17.9 Å². The molecule has 3 N–H and O–H groups in total. The van der Waals surface area contributed by atoms with Crippen LogP contribution in [0.2, 0.25) is 5.02 Å². The van der Waals surface area contributed by atoms with E-state index < -0.39 is 21.9 Å². The van der Waals surface area contributed by atoms with Gasteiger partial charge < -0.3 is 5.73 Å². The van der Waals surface area contributed by atoms with Gasteiger partial charge in [0, 0.05) is 11.6 Å². The van der Waals surface area contributed by atoms with Crippen molar-refractivity contribution in [3.63, 3.8) is 0 Å². The Balaban J connectivity index is 2.29. The fraction of sp³-hybridized carbons (Fsp3) is 0.143. The Labute approximate surface area is 127 Å². The van der Waals surface area contributed by atoms with E-state index in [4.69, 9.17) is 17.3 Å². The number of nitrogens with two attached hydrogens (primary N) is 1. The van der Waals surface area contributed by atoms with Crippen LogP contribution < -0.4 is 10.5 Å². The molecule has 0 aliphatic carbocycles. The van der Waals surface area contributed by atoms with Crippen LogP contribution in [-0.4, -0.2) is 8.42 Å². The highest BCUT2D eigenvalue weighted by atomic mass is 35.5. The summed E-state index contributed by atoms with van der Waals surface area (Å²) in [5.74, 6) is -0.469. The van der Waals surface area contributed by atoms with Gasteiger partial charge in [-0.15, -0.1) is 0 Å². The second-order valence-corrected chi connectivity index (χ2v) is 6.67. The van der Waals surface area contributed by atoms with Gasteiger partial charge in [0.25, 0.3) is 0 Å². The standard InChI is InChI=1S/C14H14ClFN2O2S/c1-9(11-4-2-3-5-13(11)16)18-21(19,20)10-6-7-14(17)12(15)8-10/h2-9,18H,17H2,1H3. The first-order valence-electron chi connectivity index (χ1n) is 6.13. The molecule has 2 aromatic carbocycles. The minimum Gasteiger partial charge on any atom is -0.398 e. The minimum atomic E-state index is -3.82. The molecule has 21 heavy (non-hydrogen) atoms. The van der Waals surface area contributed by atoms with E-state index in [1.807, 2.05) is 0 Å². The first-order chi connectivity index (χ1) is 9.81. The SMILES string of the molecule is CC(NS(=O)(=O)c1ccc(N)c(Cl)c1)c1ccccc1F. The van der Waals surface area contributed by atoms with Crippen molar-refractivity contribution in [3.8, 4) is 0 Å². The number of halogens is 2. The number of hydrogen-bond acceptors (Lipinski definition) is 3. The lowest BCUT2D eigenvalue weighted by atomic mass is 10.1. The largest absolute Gasteiger partial charge is 0.398 e. The number of nitrogens with one attached hydrogen (secondary N) is 1. The zero-order chi connectivity index (χ0) is 15.6. The number of sulfonamides is 1. The van der Waals surface area contributed by atoms with Gasteiger partial charge in [0.2, 0.25) is 10.0 Å². The van der Waals surface area contributed by atoms with Crippen molar-refractivity contribution < 1.29 is 12.8 Å². The summed E-state index contributed by atoms with van der Waals surface area (Å²) in [6.07, 6.45) is 0. The Hall–Kier alpha value is -1.63. The van der Waals surface area contributed by atoms with E-state index in [0.717, 1.165) is 0 Å². The van der Waals surface area contributed by atoms with Gasteiger partial charge >= 0.3 is 0 Å². The summed E-state index contributed by atoms with van der Waals surface area (Å²) < 4.78 is 40.6. The Morgan fingerprint density at radius 3 is 2.52 bits per heavy atom. The van der Waals surface area contributed by atoms with Crippen LogP contribution >= 0.6 is 11.6 Å². The van der Waals surface area contributed by atoms with Gasteiger partial charge in [-0.3, -0.25) is 0 Å². The highest BCUT2D eigenvalue weighted by Crippen LogP contribution is 2.24. The lowest BCUT2D eigenvalue weighted by molar-refractivity contribution is 0.550. The highest BCUT2D eigenvalue weighted by molar-refractivity contribution is 7.89. The number of anilines is 1. The highest BCUT2D eigenvalue weighted by Gasteiger charge is 2.20. The molecule has 0 aliphatic heterocycles. The summed E-state index contributed by atoms with van der Waals surface area (Å²) in [4.78, 5) is -0.0233. The molecule has 0 heterocycles. The molecule has 112 valence electrons. The number of rotatable bonds is 4. The molecule has 0 fully saturated rings. The molecular formula is C14H14ClFN2O2S. The third-order valence-electron chi connectivity index (χ3n) is 2.99. The average molecular weight is 329 g/mol. The van der Waals surface area contributed by atoms with E-state index >= 15 is 0 Å². The molecule has 0 radical (unpaired) electrons. The van der Waals surface area contributed by atoms with Crippen molar-refractivity contribution in [2.24, 2.45) is 0 Å². The predicted octanol–water partition coefficient (Wildman–Crippen LogP) is 3.10. The van der Waals surface area contributed by atoms with Gasteiger partial charge in [-0.25, -0.2) is 17.5 Å². The van der Waals surface area contributed by atoms with E-state index in [0.29, 0.717) is 0 Å². The van der Waals surface area contributed by atoms with E-state index in [2.05, 4.69) is 4.72 Å². The van der Waals surface area contributed by atoms with Gasteiger partial charge in [-0.1, -0.05) is 29.8 Å². The molecule has 0 bridgehead atoms. The third-order valence-corrected chi connectivity index (χ3v) is 4.85. The molecule has 4 nitrogen and oxygen atoms in total. The van der Waals surface area contributed by atoms with Crippen molar-refractivity contribution >= 4 is 27.3 Å². The van der Waals surface area contributed by atoms with Crippen molar-refractivity contribution in [1.82, 2.24) is 4.72 Å². The quantitative estimate of drug-likeness (QED) is 0.847. The van der Waals surface area contributed by atoms with Crippen LogP contribution in [0, 0.1) is 5.82 Å². The van der Waals surface area contributed by atoms with E-state index in [1.54, 1.807) is 19.1 Å². The summed E-state index contributed by atoms with van der Waals surface area (Å²) in [6.45, 7) is 1.56. The van der Waals surface area contributed by atoms with Gasteiger partial charge in [0.15, 0.2) is 0 Å². The number of nitrogen functional groups attached to an aromatic ring is 1. The Kier molecular flexibility index (Phi) is 4.51. The van der Waals surface area contributed by atoms with E-state index in [-0.39, 0.29) is 21.2 Å². The second-order valence-electron chi connectivity index (χ2n) is 4.55. The molecular weight excluding hydrogens is 315 g/mol. The van der Waals surface area contributed by atoms with Crippen molar-refractivity contribution in [2.75, 3.05) is 5.73 Å². The third kappa shape index (κ3) is 3.53. The molecule has 0 saturated heterocycles. The van der Waals surface area contributed by atoms with Crippen LogP contribution in [0.25, 0.3) is 0 Å². The lowest BCUT2D eigenvalue weighted by Gasteiger charge is -2.15. The first kappa shape index (κ1) is 15.8. The number of hydrogen-bond donors (Lipinski definition) is 2. The molecule has 1 unspecified atom stereocenters. The summed E-state index contributed by atoms with van der Waals surface area (Å²) >= 11 is 5.82. The van der Waals surface area contributed by atoms with Gasteiger partial charge in [0.05, 0.1) is 15.6 Å². The van der Waals surface area contributed by atoms with Crippen LogP contribution in [0.1, 0.15) is 18.5 Å². The van der Waals surface area contributed by atoms with E-state index in [9.17, 15) is 12.8 Å². The summed E-state index contributed by atoms with van der Waals surface area (Å²) in [5, 5.41) is 0.149. The second kappa shape index (κ2) is 6.01. The van der Waals surface area contributed by atoms with Gasteiger partial charge in [-0.2, -0.15) is 0 Å². The zero-order valence-corrected chi connectivity index (χ0v) is 12.7. The Morgan fingerprint density at radius 1 is 1.24 bits per heavy atom. The monoisotopic (exact) mass is 328 g/mol. The topological polar surface area (TPSA) is 72.2 Å². The summed E-state index contributed by atoms with van der Waals surface area (Å²) in [5.41, 5.74) is 6.10. The predicted molar refractivity (Wildman–Crippen MR) is 81.0 cm³/mol. The van der Waals surface area contributed by atoms with Crippen LogP contribution in [-0.2, 0) is 10.0 Å². The fourth-order valence-electron chi connectivity index (χ4n) is 1.87. The normalized spacial score (nSPS) is 13.1. The molecule has 1 atom stereocenters. The Morgan fingerprint density at radius 2 is 1.90 bits per heavy atom. The molecule has 2 rings (SSSR count). The van der Waals surface area contributed by atoms with Crippen LogP contribution in [0.4, 0.5) is 10.1 Å². The molecule has 0 aromatic heterocycles. The molecule has 0 amide bonds. The maximum absolute atomic E-state index is 13.7. The molecule has 2 aromatic rings. The van der Waals surface area contributed by atoms with Gasteiger partial charge in [0.1, 0.15) is 5.82 Å². The minimum absolute atomic E-state index is 0.0233. The van der Waals surface area contributed by atoms with Crippen LogP contribution in [0.5, 0.6) is 0 Å². The fourth-order valence-corrected chi connectivity index (χ4v) is 3.36. The van der Waals surface area contributed by atoms with Crippen molar-refractivity contribution in [1.29, 1.82) is 0 Å². The molecule has 0 saturated carbocycles. The van der Waals surface area contributed by atoms with Crippen LogP contribution in [0.3, 0.4) is 0 Å². The van der Waals surface area contributed by atoms with Crippen molar-refractivity contribution in [3.05, 3.63) is 58.9 Å². The lowest BCUT2D eigenvalue weighted by Crippen LogP contribution is -2.27. The maximum Gasteiger partial charge on any atom is 0.241 e. The molecule has 0 aliphatic rings. The summed E-state index contributed by atoms with van der Waals surface area (Å²) in [6, 6.07) is 9.28. The van der Waals surface area contributed by atoms with Gasteiger partial charge in [-0.05, 0) is 31.2 Å². The first-order valence-corrected chi connectivity index (χ1v) is 7.99. The zero-order valence-electron chi connectivity index (χ0n) is 11.2. The average Bonchev–Trinajstić information content (AvgIpc) is 2.41.